The summed E-state index contributed by atoms with van der Waals surface area (Å²) in [6.45, 7) is 1.86. The van der Waals surface area contributed by atoms with Crippen LogP contribution in [0.1, 0.15) is 28.2 Å². The van der Waals surface area contributed by atoms with E-state index < -0.39 is 0 Å². The van der Waals surface area contributed by atoms with Crippen molar-refractivity contribution in [2.24, 2.45) is 0 Å². The van der Waals surface area contributed by atoms with Crippen molar-refractivity contribution in [3.63, 3.8) is 0 Å². The van der Waals surface area contributed by atoms with Gasteiger partial charge in [0.2, 0.25) is 0 Å². The average Bonchev–Trinajstić information content (AvgIpc) is 2.70. The number of carbonyl (C=O) groups is 1. The van der Waals surface area contributed by atoms with Crippen LogP contribution >= 0.6 is 43.2 Å². The molecule has 1 aromatic heterocycles. The van der Waals surface area contributed by atoms with Gasteiger partial charge in [0.15, 0.2) is 0 Å². The zero-order chi connectivity index (χ0) is 14.0. The zero-order valence-corrected chi connectivity index (χ0v) is 13.9. The number of rotatable bonds is 3. The Morgan fingerprint density at radius 2 is 1.95 bits per heavy atom. The maximum Gasteiger partial charge on any atom is 0.261 e. The molecule has 0 aliphatic rings. The van der Waals surface area contributed by atoms with Gasteiger partial charge in [-0.05, 0) is 62.5 Å². The van der Waals surface area contributed by atoms with E-state index in [4.69, 9.17) is 0 Å². The Hall–Kier alpha value is -0.720. The number of halogens is 3. The molecule has 0 unspecified atom stereocenters. The molecule has 0 aliphatic heterocycles. The van der Waals surface area contributed by atoms with Gasteiger partial charge in [-0.2, -0.15) is 0 Å². The third kappa shape index (κ3) is 3.64. The van der Waals surface area contributed by atoms with Crippen LogP contribution in [0.15, 0.2) is 38.6 Å². The van der Waals surface area contributed by atoms with Crippen molar-refractivity contribution in [1.82, 2.24) is 5.32 Å². The predicted octanol–water partition coefficient (Wildman–Crippen LogP) is 4.90. The van der Waals surface area contributed by atoms with Crippen molar-refractivity contribution >= 4 is 49.1 Å². The molecule has 0 saturated carbocycles. The van der Waals surface area contributed by atoms with E-state index in [0.717, 1.165) is 13.8 Å². The van der Waals surface area contributed by atoms with Crippen molar-refractivity contribution in [2.75, 3.05) is 0 Å². The molecule has 2 nitrogen and oxygen atoms in total. The second kappa shape index (κ2) is 6.15. The number of thiophene rings is 1. The molecule has 1 aromatic carbocycles. The predicted molar refractivity (Wildman–Crippen MR) is 82.0 cm³/mol. The third-order valence-corrected chi connectivity index (χ3v) is 5.84. The van der Waals surface area contributed by atoms with Crippen LogP contribution in [0.3, 0.4) is 0 Å². The van der Waals surface area contributed by atoms with Crippen molar-refractivity contribution in [1.29, 1.82) is 0 Å². The van der Waals surface area contributed by atoms with Crippen molar-refractivity contribution < 1.29 is 9.18 Å². The number of nitrogens with one attached hydrogen (secondary N) is 1. The molecular weight excluding hydrogens is 397 g/mol. The van der Waals surface area contributed by atoms with Crippen LogP contribution in [0, 0.1) is 5.82 Å². The smallest absolute Gasteiger partial charge is 0.261 e. The van der Waals surface area contributed by atoms with Crippen molar-refractivity contribution in [3.8, 4) is 0 Å². The summed E-state index contributed by atoms with van der Waals surface area (Å²) >= 11 is 8.06. The quantitative estimate of drug-likeness (QED) is 0.771. The van der Waals surface area contributed by atoms with Crippen LogP contribution in [-0.2, 0) is 0 Å². The number of benzene rings is 1. The van der Waals surface area contributed by atoms with Gasteiger partial charge in [-0.1, -0.05) is 12.1 Å². The minimum atomic E-state index is -0.284. The van der Waals surface area contributed by atoms with Crippen LogP contribution in [0.4, 0.5) is 4.39 Å². The Balaban J connectivity index is 2.08. The van der Waals surface area contributed by atoms with Crippen LogP contribution in [0.25, 0.3) is 0 Å². The summed E-state index contributed by atoms with van der Waals surface area (Å²) in [4.78, 5) is 12.7. The topological polar surface area (TPSA) is 29.1 Å². The van der Waals surface area contributed by atoms with Gasteiger partial charge in [0.1, 0.15) is 5.82 Å². The summed E-state index contributed by atoms with van der Waals surface area (Å²) in [5.41, 5.74) is 0.865. The second-order valence-electron chi connectivity index (χ2n) is 3.98. The van der Waals surface area contributed by atoms with E-state index in [1.165, 1.54) is 23.5 Å². The molecule has 0 radical (unpaired) electrons. The van der Waals surface area contributed by atoms with Gasteiger partial charge in [-0.15, -0.1) is 11.3 Å². The van der Waals surface area contributed by atoms with E-state index in [0.29, 0.717) is 4.88 Å². The number of carbonyl (C=O) groups excluding carboxylic acids is 1. The highest BCUT2D eigenvalue weighted by Crippen LogP contribution is 2.32. The monoisotopic (exact) mass is 405 g/mol. The van der Waals surface area contributed by atoms with Crippen LogP contribution in [-0.4, -0.2) is 5.91 Å². The fourth-order valence-corrected chi connectivity index (χ4v) is 3.50. The first-order chi connectivity index (χ1) is 8.97. The van der Waals surface area contributed by atoms with Crippen LogP contribution in [0.5, 0.6) is 0 Å². The summed E-state index contributed by atoms with van der Waals surface area (Å²) in [6, 6.07) is 7.70. The fraction of sp³-hybridized carbons (Fsp3) is 0.154. The summed E-state index contributed by atoms with van der Waals surface area (Å²) in [5, 5.41) is 2.88. The van der Waals surface area contributed by atoms with Crippen LogP contribution in [0.2, 0.25) is 0 Å². The lowest BCUT2D eigenvalue weighted by atomic mass is 10.1. The lowest BCUT2D eigenvalue weighted by molar-refractivity contribution is 0.0944. The largest absolute Gasteiger partial charge is 0.345 e. The SMILES string of the molecule is C[C@H](NC(=O)c1cc(Br)c(Br)s1)c1ccc(F)cc1. The summed E-state index contributed by atoms with van der Waals surface area (Å²) < 4.78 is 14.6. The minimum Gasteiger partial charge on any atom is -0.345 e. The highest BCUT2D eigenvalue weighted by Gasteiger charge is 2.15. The fourth-order valence-electron chi connectivity index (χ4n) is 1.56. The van der Waals surface area contributed by atoms with Gasteiger partial charge < -0.3 is 5.32 Å². The molecule has 2 rings (SSSR count). The van der Waals surface area contributed by atoms with Crippen molar-refractivity contribution in [2.45, 2.75) is 13.0 Å². The Kier molecular flexibility index (Phi) is 4.76. The minimum absolute atomic E-state index is 0.145. The lowest BCUT2D eigenvalue weighted by Crippen LogP contribution is -2.25. The van der Waals surface area contributed by atoms with Gasteiger partial charge >= 0.3 is 0 Å². The highest BCUT2D eigenvalue weighted by atomic mass is 79.9. The van der Waals surface area contributed by atoms with Gasteiger partial charge in [0, 0.05) is 4.47 Å². The first-order valence-corrected chi connectivity index (χ1v) is 7.89. The molecule has 0 fully saturated rings. The van der Waals surface area contributed by atoms with Crippen LogP contribution < -0.4 is 5.32 Å². The summed E-state index contributed by atoms with van der Waals surface area (Å²) in [6.07, 6.45) is 0. The van der Waals surface area contributed by atoms with Gasteiger partial charge in [0.05, 0.1) is 14.7 Å². The molecule has 0 aliphatic carbocycles. The van der Waals surface area contributed by atoms with Crippen molar-refractivity contribution in [3.05, 3.63) is 54.8 Å². The molecule has 100 valence electrons. The van der Waals surface area contributed by atoms with E-state index in [-0.39, 0.29) is 17.8 Å². The molecule has 1 heterocycles. The zero-order valence-electron chi connectivity index (χ0n) is 9.91. The Bertz CT molecular complexity index is 578. The molecule has 1 amide bonds. The Labute approximate surface area is 131 Å². The summed E-state index contributed by atoms with van der Waals surface area (Å²) in [7, 11) is 0. The Morgan fingerprint density at radius 1 is 1.32 bits per heavy atom. The second-order valence-corrected chi connectivity index (χ2v) is 7.20. The van der Waals surface area contributed by atoms with E-state index in [9.17, 15) is 9.18 Å². The molecule has 6 heteroatoms. The molecule has 0 bridgehead atoms. The normalized spacial score (nSPS) is 12.2. The molecule has 19 heavy (non-hydrogen) atoms. The molecular formula is C13H10Br2FNOS. The van der Waals surface area contributed by atoms with E-state index in [2.05, 4.69) is 37.2 Å². The standard InChI is InChI=1S/C13H10Br2FNOS/c1-7(8-2-4-9(16)5-3-8)17-13(18)11-6-10(14)12(15)19-11/h2-7H,1H3,(H,17,18)/t7-/m0/s1. The first-order valence-electron chi connectivity index (χ1n) is 5.48. The maximum absolute atomic E-state index is 12.8. The third-order valence-electron chi connectivity index (χ3n) is 2.59. The number of hydrogen-bond acceptors (Lipinski definition) is 2. The lowest BCUT2D eigenvalue weighted by Gasteiger charge is -2.13. The number of amides is 1. The summed E-state index contributed by atoms with van der Waals surface area (Å²) in [5.74, 6) is -0.429. The Morgan fingerprint density at radius 3 is 2.47 bits per heavy atom. The molecule has 0 spiro atoms. The molecule has 1 atom stereocenters. The van der Waals surface area contributed by atoms with E-state index in [1.807, 2.05) is 6.92 Å². The van der Waals surface area contributed by atoms with E-state index >= 15 is 0 Å². The van der Waals surface area contributed by atoms with Gasteiger partial charge in [0.25, 0.3) is 5.91 Å². The average molecular weight is 407 g/mol. The molecule has 1 N–H and O–H groups in total. The van der Waals surface area contributed by atoms with E-state index in [1.54, 1.807) is 18.2 Å². The van der Waals surface area contributed by atoms with Gasteiger partial charge in [-0.3, -0.25) is 4.79 Å². The van der Waals surface area contributed by atoms with Gasteiger partial charge in [-0.25, -0.2) is 4.39 Å². The first kappa shape index (κ1) is 14.7. The highest BCUT2D eigenvalue weighted by molar-refractivity contribution is 9.13. The molecule has 0 saturated heterocycles. The molecule has 2 aromatic rings. The maximum atomic E-state index is 12.8. The number of hydrogen-bond donors (Lipinski definition) is 1.